The number of benzene rings is 1. The molecule has 1 aromatic rings. The van der Waals surface area contributed by atoms with Crippen molar-refractivity contribution in [1.29, 1.82) is 0 Å². The molecule has 0 bridgehead atoms. The lowest BCUT2D eigenvalue weighted by Crippen LogP contribution is -2.51. The van der Waals surface area contributed by atoms with Crippen LogP contribution >= 0.6 is 0 Å². The molecule has 1 N–H and O–H groups in total. The summed E-state index contributed by atoms with van der Waals surface area (Å²) >= 11 is 0. The van der Waals surface area contributed by atoms with E-state index < -0.39 is 0 Å². The van der Waals surface area contributed by atoms with Gasteiger partial charge in [-0.25, -0.2) is 4.79 Å². The Bertz CT molecular complexity index is 679. The van der Waals surface area contributed by atoms with E-state index in [0.29, 0.717) is 0 Å². The Morgan fingerprint density at radius 1 is 1.20 bits per heavy atom. The number of para-hydroxylation sites is 1. The zero-order chi connectivity index (χ0) is 16.9. The van der Waals surface area contributed by atoms with Crippen LogP contribution in [0.2, 0.25) is 0 Å². The molecule has 2 saturated heterocycles. The molecule has 0 radical (unpaired) electrons. The van der Waals surface area contributed by atoms with Gasteiger partial charge >= 0.3 is 6.03 Å². The summed E-state index contributed by atoms with van der Waals surface area (Å²) in [6.45, 7) is 3.31. The molecule has 3 aliphatic heterocycles. The molecule has 25 heavy (non-hydrogen) atoms. The van der Waals surface area contributed by atoms with Crippen LogP contribution in [0.15, 0.2) is 24.3 Å². The van der Waals surface area contributed by atoms with Gasteiger partial charge in [0.1, 0.15) is 11.4 Å². The van der Waals surface area contributed by atoms with Crippen LogP contribution in [0.3, 0.4) is 0 Å². The molecule has 134 valence electrons. The van der Waals surface area contributed by atoms with Crippen molar-refractivity contribution in [3.8, 4) is 5.75 Å². The molecule has 1 aromatic carbocycles. The number of ether oxygens (including phenoxy) is 2. The van der Waals surface area contributed by atoms with Crippen molar-refractivity contribution in [3.05, 3.63) is 29.8 Å². The summed E-state index contributed by atoms with van der Waals surface area (Å²) in [4.78, 5) is 14.9. The average Bonchev–Trinajstić information content (AvgIpc) is 3.23. The Labute approximate surface area is 148 Å². The van der Waals surface area contributed by atoms with Gasteiger partial charge in [-0.3, -0.25) is 0 Å². The predicted octanol–water partition coefficient (Wildman–Crippen LogP) is 3.25. The lowest BCUT2D eigenvalue weighted by Gasteiger charge is -2.48. The number of carbonyl (C=O) groups is 1. The Morgan fingerprint density at radius 3 is 2.84 bits per heavy atom. The van der Waals surface area contributed by atoms with Crippen molar-refractivity contribution in [1.82, 2.24) is 10.2 Å². The minimum absolute atomic E-state index is 0.0501. The summed E-state index contributed by atoms with van der Waals surface area (Å²) in [5.74, 6) is 0.945. The van der Waals surface area contributed by atoms with Gasteiger partial charge in [-0.15, -0.1) is 0 Å². The minimum Gasteiger partial charge on any atom is -0.487 e. The van der Waals surface area contributed by atoms with E-state index in [1.165, 1.54) is 6.42 Å². The zero-order valence-electron chi connectivity index (χ0n) is 14.6. The second kappa shape index (κ2) is 5.63. The van der Waals surface area contributed by atoms with Crippen molar-refractivity contribution in [2.75, 3.05) is 26.3 Å². The maximum absolute atomic E-state index is 12.9. The molecule has 0 aromatic heterocycles. The molecule has 3 heterocycles. The molecular weight excluding hydrogens is 316 g/mol. The topological polar surface area (TPSA) is 50.8 Å². The zero-order valence-corrected chi connectivity index (χ0v) is 14.6. The number of hydrogen-bond donors (Lipinski definition) is 1. The lowest BCUT2D eigenvalue weighted by atomic mass is 9.73. The van der Waals surface area contributed by atoms with Gasteiger partial charge in [-0.1, -0.05) is 18.2 Å². The third-order valence-corrected chi connectivity index (χ3v) is 6.67. The number of likely N-dealkylation sites (tertiary alicyclic amines) is 1. The summed E-state index contributed by atoms with van der Waals surface area (Å²) in [5.41, 5.74) is 1.27. The van der Waals surface area contributed by atoms with Crippen LogP contribution in [-0.4, -0.2) is 42.8 Å². The first kappa shape index (κ1) is 15.5. The molecule has 1 saturated carbocycles. The molecule has 5 rings (SSSR count). The van der Waals surface area contributed by atoms with Gasteiger partial charge in [0.2, 0.25) is 0 Å². The molecule has 1 aliphatic carbocycles. The number of rotatable bonds is 1. The van der Waals surface area contributed by atoms with E-state index in [4.69, 9.17) is 9.47 Å². The van der Waals surface area contributed by atoms with Crippen LogP contribution in [0.1, 0.15) is 50.1 Å². The maximum Gasteiger partial charge on any atom is 0.317 e. The van der Waals surface area contributed by atoms with Crippen LogP contribution in [-0.2, 0) is 4.74 Å². The van der Waals surface area contributed by atoms with E-state index in [9.17, 15) is 4.79 Å². The quantitative estimate of drug-likeness (QED) is 0.852. The monoisotopic (exact) mass is 342 g/mol. The van der Waals surface area contributed by atoms with Crippen molar-refractivity contribution in [3.63, 3.8) is 0 Å². The van der Waals surface area contributed by atoms with Crippen molar-refractivity contribution in [2.45, 2.75) is 50.2 Å². The molecule has 2 atom stereocenters. The van der Waals surface area contributed by atoms with Gasteiger partial charge < -0.3 is 19.7 Å². The molecular formula is C20H26N2O3. The van der Waals surface area contributed by atoms with Gasteiger partial charge in [0.15, 0.2) is 0 Å². The number of amides is 2. The number of carbonyl (C=O) groups excluding carboxylic acids is 1. The molecule has 5 nitrogen and oxygen atoms in total. The van der Waals surface area contributed by atoms with Crippen LogP contribution in [0.25, 0.3) is 0 Å². The highest BCUT2D eigenvalue weighted by atomic mass is 16.5. The summed E-state index contributed by atoms with van der Waals surface area (Å²) in [6.07, 6.45) is 6.44. The molecule has 3 fully saturated rings. The molecule has 2 amide bonds. The smallest absolute Gasteiger partial charge is 0.317 e. The van der Waals surface area contributed by atoms with Crippen LogP contribution in [0.5, 0.6) is 5.75 Å². The van der Waals surface area contributed by atoms with E-state index in [-0.39, 0.29) is 23.1 Å². The van der Waals surface area contributed by atoms with Crippen LogP contribution < -0.4 is 10.1 Å². The Kier molecular flexibility index (Phi) is 3.49. The molecule has 4 aliphatic rings. The van der Waals surface area contributed by atoms with E-state index in [1.54, 1.807) is 0 Å². The van der Waals surface area contributed by atoms with E-state index >= 15 is 0 Å². The van der Waals surface area contributed by atoms with Gasteiger partial charge in [0, 0.05) is 37.1 Å². The van der Waals surface area contributed by atoms with E-state index in [1.807, 2.05) is 23.1 Å². The fourth-order valence-corrected chi connectivity index (χ4v) is 4.94. The third kappa shape index (κ3) is 2.60. The normalized spacial score (nSPS) is 32.3. The van der Waals surface area contributed by atoms with Gasteiger partial charge in [-0.2, -0.15) is 0 Å². The molecule has 5 heteroatoms. The van der Waals surface area contributed by atoms with Gasteiger partial charge in [0.05, 0.1) is 12.6 Å². The summed E-state index contributed by atoms with van der Waals surface area (Å²) in [6, 6.07) is 8.28. The van der Waals surface area contributed by atoms with Gasteiger partial charge in [0.25, 0.3) is 0 Å². The number of nitrogens with one attached hydrogen (secondary N) is 1. The summed E-state index contributed by atoms with van der Waals surface area (Å²) in [5, 5.41) is 3.31. The first-order valence-electron chi connectivity index (χ1n) is 9.58. The average molecular weight is 342 g/mol. The Hall–Kier alpha value is -1.75. The number of hydrogen-bond acceptors (Lipinski definition) is 3. The van der Waals surface area contributed by atoms with Crippen molar-refractivity contribution < 1.29 is 14.3 Å². The standard InChI is InChI=1S/C20H26N2O3/c23-18(22-10-8-19(13-22)9-11-24-14-19)21-16-12-20(6-3-7-20)25-17-5-2-1-4-15(16)17/h1-2,4-5,16H,3,6-14H2,(H,21,23). The highest BCUT2D eigenvalue weighted by Gasteiger charge is 2.47. The van der Waals surface area contributed by atoms with Crippen LogP contribution in [0, 0.1) is 5.41 Å². The number of nitrogens with zero attached hydrogens (tertiary/aromatic N) is 1. The minimum atomic E-state index is -0.0577. The second-order valence-corrected chi connectivity index (χ2v) is 8.36. The third-order valence-electron chi connectivity index (χ3n) is 6.67. The number of fused-ring (bicyclic) bond motifs is 1. The second-order valence-electron chi connectivity index (χ2n) is 8.36. The van der Waals surface area contributed by atoms with E-state index in [2.05, 4.69) is 11.4 Å². The lowest BCUT2D eigenvalue weighted by molar-refractivity contribution is -0.0359. The molecule has 2 spiro atoms. The fraction of sp³-hybridized carbons (Fsp3) is 0.650. The largest absolute Gasteiger partial charge is 0.487 e. The first-order valence-corrected chi connectivity index (χ1v) is 9.58. The Balaban J connectivity index is 1.32. The van der Waals surface area contributed by atoms with Crippen molar-refractivity contribution in [2.24, 2.45) is 5.41 Å². The first-order chi connectivity index (χ1) is 12.2. The van der Waals surface area contributed by atoms with Crippen LogP contribution in [0.4, 0.5) is 4.79 Å². The highest BCUT2D eigenvalue weighted by Crippen LogP contribution is 2.49. The maximum atomic E-state index is 12.9. The van der Waals surface area contributed by atoms with E-state index in [0.717, 1.165) is 69.7 Å². The SMILES string of the molecule is O=C(NC1CC2(CCC2)Oc2ccccc21)N1CCC2(CCOC2)C1. The predicted molar refractivity (Wildman–Crippen MR) is 93.6 cm³/mol. The molecule has 2 unspecified atom stereocenters. The van der Waals surface area contributed by atoms with Gasteiger partial charge in [-0.05, 0) is 38.2 Å². The fourth-order valence-electron chi connectivity index (χ4n) is 4.94. The Morgan fingerprint density at radius 2 is 2.08 bits per heavy atom. The highest BCUT2D eigenvalue weighted by molar-refractivity contribution is 5.75. The summed E-state index contributed by atoms with van der Waals surface area (Å²) < 4.78 is 11.9. The summed E-state index contributed by atoms with van der Waals surface area (Å²) in [7, 11) is 0. The number of urea groups is 1. The van der Waals surface area contributed by atoms with Crippen molar-refractivity contribution >= 4 is 6.03 Å².